The lowest BCUT2D eigenvalue weighted by Gasteiger charge is -2.22. The molecular formula is C23H22N8O. The molecule has 0 unspecified atom stereocenters. The zero-order valence-electron chi connectivity index (χ0n) is 17.5. The summed E-state index contributed by atoms with van der Waals surface area (Å²) < 4.78 is 6.98. The minimum atomic E-state index is 0.507. The Morgan fingerprint density at radius 2 is 1.88 bits per heavy atom. The van der Waals surface area contributed by atoms with Crippen LogP contribution in [0.3, 0.4) is 0 Å². The second-order valence-electron chi connectivity index (χ2n) is 7.92. The predicted octanol–water partition coefficient (Wildman–Crippen LogP) is 3.04. The minimum absolute atomic E-state index is 0.507. The van der Waals surface area contributed by atoms with Crippen LogP contribution in [0, 0.1) is 0 Å². The van der Waals surface area contributed by atoms with Crippen LogP contribution < -0.4 is 4.90 Å². The monoisotopic (exact) mass is 426 g/mol. The molecule has 0 bridgehead atoms. The number of fused-ring (bicyclic) bond motifs is 2. The maximum Gasteiger partial charge on any atom is 0.257 e. The van der Waals surface area contributed by atoms with Gasteiger partial charge in [-0.25, -0.2) is 4.98 Å². The van der Waals surface area contributed by atoms with Gasteiger partial charge in [0, 0.05) is 44.3 Å². The van der Waals surface area contributed by atoms with Gasteiger partial charge in [0.2, 0.25) is 11.8 Å². The molecule has 1 fully saturated rings. The van der Waals surface area contributed by atoms with Crippen LogP contribution in [0.4, 0.5) is 5.95 Å². The molecule has 1 aliphatic heterocycles. The van der Waals surface area contributed by atoms with Crippen molar-refractivity contribution in [3.8, 4) is 11.6 Å². The van der Waals surface area contributed by atoms with Crippen molar-refractivity contribution < 1.29 is 4.42 Å². The van der Waals surface area contributed by atoms with Gasteiger partial charge < -0.3 is 9.32 Å². The van der Waals surface area contributed by atoms with E-state index >= 15 is 0 Å². The molecule has 160 valence electrons. The molecule has 0 amide bonds. The average molecular weight is 426 g/mol. The molecule has 9 nitrogen and oxygen atoms in total. The highest BCUT2D eigenvalue weighted by molar-refractivity contribution is 5.81. The lowest BCUT2D eigenvalue weighted by Crippen LogP contribution is -2.31. The van der Waals surface area contributed by atoms with Gasteiger partial charge in [-0.15, -0.1) is 5.10 Å². The predicted molar refractivity (Wildman–Crippen MR) is 120 cm³/mol. The van der Waals surface area contributed by atoms with E-state index in [2.05, 4.69) is 59.1 Å². The Kier molecular flexibility index (Phi) is 4.73. The van der Waals surface area contributed by atoms with E-state index in [1.807, 2.05) is 24.4 Å². The fourth-order valence-corrected chi connectivity index (χ4v) is 4.22. The molecule has 1 saturated heterocycles. The Labute approximate surface area is 184 Å². The van der Waals surface area contributed by atoms with Crippen molar-refractivity contribution in [2.45, 2.75) is 13.0 Å². The van der Waals surface area contributed by atoms with Crippen LogP contribution in [0.2, 0.25) is 0 Å². The summed E-state index contributed by atoms with van der Waals surface area (Å²) in [6.45, 7) is 4.65. The van der Waals surface area contributed by atoms with Gasteiger partial charge in [0.05, 0.1) is 11.8 Å². The third kappa shape index (κ3) is 3.56. The highest BCUT2D eigenvalue weighted by Gasteiger charge is 2.19. The first-order chi connectivity index (χ1) is 15.8. The molecule has 4 aromatic heterocycles. The molecule has 5 heterocycles. The normalized spacial score (nSPS) is 15.4. The van der Waals surface area contributed by atoms with E-state index in [4.69, 9.17) is 4.42 Å². The van der Waals surface area contributed by atoms with Crippen molar-refractivity contribution in [3.05, 3.63) is 66.8 Å². The molecule has 1 aliphatic rings. The van der Waals surface area contributed by atoms with Crippen molar-refractivity contribution in [1.29, 1.82) is 0 Å². The van der Waals surface area contributed by atoms with Crippen LogP contribution in [0.1, 0.15) is 12.0 Å². The van der Waals surface area contributed by atoms with Crippen molar-refractivity contribution in [2.75, 3.05) is 31.1 Å². The van der Waals surface area contributed by atoms with Crippen LogP contribution >= 0.6 is 0 Å². The van der Waals surface area contributed by atoms with Crippen LogP contribution in [0.5, 0.6) is 0 Å². The summed E-state index contributed by atoms with van der Waals surface area (Å²) >= 11 is 0. The van der Waals surface area contributed by atoms with E-state index in [1.54, 1.807) is 17.1 Å². The number of hydrogen-bond donors (Lipinski definition) is 0. The Bertz CT molecular complexity index is 1360. The summed E-state index contributed by atoms with van der Waals surface area (Å²) in [6, 6.07) is 14.1. The number of rotatable bonds is 4. The van der Waals surface area contributed by atoms with Gasteiger partial charge >= 0.3 is 0 Å². The van der Waals surface area contributed by atoms with Crippen molar-refractivity contribution in [1.82, 2.24) is 34.4 Å². The summed E-state index contributed by atoms with van der Waals surface area (Å²) in [5.74, 6) is 2.33. The van der Waals surface area contributed by atoms with Gasteiger partial charge in [-0.3, -0.25) is 9.88 Å². The lowest BCUT2D eigenvalue weighted by molar-refractivity contribution is 0.286. The topological polar surface area (TPSA) is 88.5 Å². The smallest absolute Gasteiger partial charge is 0.257 e. The second-order valence-corrected chi connectivity index (χ2v) is 7.92. The Morgan fingerprint density at radius 1 is 0.906 bits per heavy atom. The summed E-state index contributed by atoms with van der Waals surface area (Å²) in [5.41, 5.74) is 2.36. The molecule has 0 radical (unpaired) electrons. The van der Waals surface area contributed by atoms with Crippen LogP contribution in [0.15, 0.2) is 65.7 Å². The standard InChI is InChI=1S/C23H22N8O/c1-2-6-19-18(5-1)17(8-9-24-19)15-29-10-4-11-30(13-12-29)22-25-16-31-23(27-22)26-21(28-31)20-7-3-14-32-20/h1-3,5-9,14,16H,4,10-13,15H2. The number of benzene rings is 1. The van der Waals surface area contributed by atoms with Gasteiger partial charge in [-0.2, -0.15) is 14.5 Å². The Morgan fingerprint density at radius 3 is 2.81 bits per heavy atom. The maximum absolute atomic E-state index is 5.39. The largest absolute Gasteiger partial charge is 0.461 e. The highest BCUT2D eigenvalue weighted by Crippen LogP contribution is 2.20. The summed E-state index contributed by atoms with van der Waals surface area (Å²) in [7, 11) is 0. The quantitative estimate of drug-likeness (QED) is 0.433. The van der Waals surface area contributed by atoms with Crippen molar-refractivity contribution >= 4 is 22.6 Å². The Balaban J connectivity index is 1.19. The lowest BCUT2D eigenvalue weighted by atomic mass is 10.1. The fourth-order valence-electron chi connectivity index (χ4n) is 4.22. The molecule has 0 N–H and O–H groups in total. The molecule has 0 saturated carbocycles. The molecule has 0 spiro atoms. The first-order valence-electron chi connectivity index (χ1n) is 10.8. The zero-order valence-corrected chi connectivity index (χ0v) is 17.5. The highest BCUT2D eigenvalue weighted by atomic mass is 16.3. The molecule has 5 aromatic rings. The van der Waals surface area contributed by atoms with Gasteiger partial charge in [0.15, 0.2) is 5.76 Å². The first kappa shape index (κ1) is 18.9. The number of para-hydroxylation sites is 1. The summed E-state index contributed by atoms with van der Waals surface area (Å²) in [6.07, 6.45) is 6.22. The van der Waals surface area contributed by atoms with Crippen molar-refractivity contribution in [3.63, 3.8) is 0 Å². The molecule has 9 heteroatoms. The van der Waals surface area contributed by atoms with Gasteiger partial charge in [-0.1, -0.05) is 18.2 Å². The van der Waals surface area contributed by atoms with E-state index in [9.17, 15) is 0 Å². The minimum Gasteiger partial charge on any atom is -0.461 e. The number of furan rings is 1. The molecule has 0 atom stereocenters. The van der Waals surface area contributed by atoms with E-state index in [1.165, 1.54) is 10.9 Å². The number of aromatic nitrogens is 6. The molecular weight excluding hydrogens is 404 g/mol. The van der Waals surface area contributed by atoms with E-state index in [0.717, 1.165) is 44.7 Å². The molecule has 6 rings (SSSR count). The van der Waals surface area contributed by atoms with E-state index in [-0.39, 0.29) is 0 Å². The maximum atomic E-state index is 5.39. The van der Waals surface area contributed by atoms with Gasteiger partial charge in [-0.05, 0) is 36.2 Å². The summed E-state index contributed by atoms with van der Waals surface area (Å²) in [4.78, 5) is 22.9. The average Bonchev–Trinajstić information content (AvgIpc) is 3.45. The summed E-state index contributed by atoms with van der Waals surface area (Å²) in [5, 5.41) is 5.62. The number of anilines is 1. The van der Waals surface area contributed by atoms with Crippen molar-refractivity contribution in [2.24, 2.45) is 0 Å². The van der Waals surface area contributed by atoms with Crippen LogP contribution in [0.25, 0.3) is 28.3 Å². The number of hydrogen-bond acceptors (Lipinski definition) is 8. The van der Waals surface area contributed by atoms with Gasteiger partial charge in [0.25, 0.3) is 5.78 Å². The first-order valence-corrected chi connectivity index (χ1v) is 10.8. The van der Waals surface area contributed by atoms with Crippen LogP contribution in [-0.4, -0.2) is 60.6 Å². The van der Waals surface area contributed by atoms with E-state index < -0.39 is 0 Å². The van der Waals surface area contributed by atoms with Crippen LogP contribution in [-0.2, 0) is 6.54 Å². The Hall–Kier alpha value is -3.85. The second kappa shape index (κ2) is 8.01. The molecule has 0 aliphatic carbocycles. The number of nitrogens with zero attached hydrogens (tertiary/aromatic N) is 8. The molecule has 1 aromatic carbocycles. The van der Waals surface area contributed by atoms with Gasteiger partial charge in [0.1, 0.15) is 6.33 Å². The fraction of sp³-hybridized carbons (Fsp3) is 0.261. The molecule has 32 heavy (non-hydrogen) atoms. The third-order valence-electron chi connectivity index (χ3n) is 5.84. The van der Waals surface area contributed by atoms with E-state index in [0.29, 0.717) is 23.3 Å². The third-order valence-corrected chi connectivity index (χ3v) is 5.84. The zero-order chi connectivity index (χ0) is 21.3. The SMILES string of the molecule is c1coc(-c2nc3nc(N4CCCN(Cc5ccnc6ccccc56)CC4)ncn3n2)c1. The number of pyridine rings is 1.